The lowest BCUT2D eigenvalue weighted by atomic mass is 10.1. The van der Waals surface area contributed by atoms with Crippen molar-refractivity contribution in [2.24, 2.45) is 0 Å². The van der Waals surface area contributed by atoms with Crippen molar-refractivity contribution >= 4 is 16.2 Å². The molecule has 1 aromatic rings. The van der Waals surface area contributed by atoms with Crippen LogP contribution in [0.5, 0.6) is 5.75 Å². The van der Waals surface area contributed by atoms with E-state index in [0.717, 1.165) is 4.31 Å². The molecule has 0 amide bonds. The van der Waals surface area contributed by atoms with Gasteiger partial charge in [-0.15, -0.1) is 0 Å². The molecule has 2 rings (SSSR count). The smallest absolute Gasteiger partial charge is 0.322 e. The van der Waals surface area contributed by atoms with Crippen LogP contribution in [-0.2, 0) is 21.5 Å². The van der Waals surface area contributed by atoms with Crippen LogP contribution in [0.15, 0.2) is 24.3 Å². The van der Waals surface area contributed by atoms with Crippen molar-refractivity contribution in [3.8, 4) is 5.75 Å². The summed E-state index contributed by atoms with van der Waals surface area (Å²) >= 11 is 0. The van der Waals surface area contributed by atoms with Crippen LogP contribution >= 0.6 is 0 Å². The minimum absolute atomic E-state index is 0.00590. The first-order chi connectivity index (χ1) is 9.92. The van der Waals surface area contributed by atoms with Gasteiger partial charge < -0.3 is 10.2 Å². The molecule has 1 heterocycles. The van der Waals surface area contributed by atoms with Gasteiger partial charge in [-0.3, -0.25) is 4.79 Å². The summed E-state index contributed by atoms with van der Waals surface area (Å²) in [5.74, 6) is -1.14. The van der Waals surface area contributed by atoms with Crippen molar-refractivity contribution < 1.29 is 23.4 Å². The number of aromatic hydroxyl groups is 1. The molecular weight excluding hydrogens is 296 g/mol. The van der Waals surface area contributed by atoms with E-state index >= 15 is 0 Å². The zero-order chi connectivity index (χ0) is 15.5. The van der Waals surface area contributed by atoms with Crippen LogP contribution in [0.4, 0.5) is 0 Å². The maximum absolute atomic E-state index is 12.3. The fraction of sp³-hybridized carbons (Fsp3) is 0.462. The molecule has 0 aromatic heterocycles. The summed E-state index contributed by atoms with van der Waals surface area (Å²) in [6.45, 7) is 0.102. The SMILES string of the molecule is O=C(O)C1CCCCN1S(=O)(=O)NCc1ccccc1O. The van der Waals surface area contributed by atoms with Crippen molar-refractivity contribution in [3.05, 3.63) is 29.8 Å². The second kappa shape index (κ2) is 6.42. The number of hydrogen-bond acceptors (Lipinski definition) is 4. The molecule has 116 valence electrons. The summed E-state index contributed by atoms with van der Waals surface area (Å²) < 4.78 is 27.8. The number of piperidine rings is 1. The van der Waals surface area contributed by atoms with Gasteiger partial charge in [0, 0.05) is 18.7 Å². The van der Waals surface area contributed by atoms with Gasteiger partial charge in [-0.25, -0.2) is 0 Å². The molecule has 1 aliphatic rings. The van der Waals surface area contributed by atoms with Gasteiger partial charge in [-0.2, -0.15) is 17.4 Å². The molecule has 8 heteroatoms. The van der Waals surface area contributed by atoms with Gasteiger partial charge in [0.2, 0.25) is 0 Å². The molecule has 0 saturated carbocycles. The van der Waals surface area contributed by atoms with Gasteiger partial charge >= 0.3 is 5.97 Å². The second-order valence-electron chi connectivity index (χ2n) is 4.92. The quantitative estimate of drug-likeness (QED) is 0.740. The minimum atomic E-state index is -3.90. The lowest BCUT2D eigenvalue weighted by molar-refractivity contribution is -0.142. The maximum atomic E-state index is 12.3. The number of carboxylic acids is 1. The Morgan fingerprint density at radius 3 is 2.71 bits per heavy atom. The number of benzene rings is 1. The molecule has 1 aliphatic heterocycles. The number of nitrogens with zero attached hydrogens (tertiary/aromatic N) is 1. The number of para-hydroxylation sites is 1. The third kappa shape index (κ3) is 3.72. The van der Waals surface area contributed by atoms with E-state index in [1.54, 1.807) is 18.2 Å². The molecule has 0 radical (unpaired) electrons. The number of aliphatic carboxylic acids is 1. The first-order valence-corrected chi connectivity index (χ1v) is 8.12. The summed E-state index contributed by atoms with van der Waals surface area (Å²) in [6.07, 6.45) is 1.65. The highest BCUT2D eigenvalue weighted by molar-refractivity contribution is 7.87. The molecular formula is C13H18N2O5S. The third-order valence-electron chi connectivity index (χ3n) is 3.48. The van der Waals surface area contributed by atoms with Gasteiger partial charge in [0.25, 0.3) is 10.2 Å². The molecule has 1 unspecified atom stereocenters. The van der Waals surface area contributed by atoms with Crippen molar-refractivity contribution in [1.29, 1.82) is 0 Å². The highest BCUT2D eigenvalue weighted by Gasteiger charge is 2.36. The Hall–Kier alpha value is -1.64. The molecule has 7 nitrogen and oxygen atoms in total. The Bertz CT molecular complexity index is 617. The van der Waals surface area contributed by atoms with E-state index in [9.17, 15) is 18.3 Å². The summed E-state index contributed by atoms with van der Waals surface area (Å²) in [6, 6.07) is 5.36. The molecule has 0 bridgehead atoms. The number of carboxylic acid groups (broad SMARTS) is 1. The van der Waals surface area contributed by atoms with Crippen LogP contribution in [0.25, 0.3) is 0 Å². The lowest BCUT2D eigenvalue weighted by Gasteiger charge is -2.31. The average Bonchev–Trinajstić information content (AvgIpc) is 2.46. The maximum Gasteiger partial charge on any atom is 0.322 e. The fourth-order valence-electron chi connectivity index (χ4n) is 2.35. The predicted molar refractivity (Wildman–Crippen MR) is 75.8 cm³/mol. The van der Waals surface area contributed by atoms with E-state index in [1.807, 2.05) is 0 Å². The number of rotatable bonds is 5. The normalized spacial score (nSPS) is 20.3. The van der Waals surface area contributed by atoms with Gasteiger partial charge in [-0.1, -0.05) is 18.2 Å². The second-order valence-corrected chi connectivity index (χ2v) is 6.62. The molecule has 1 fully saturated rings. The molecule has 0 spiro atoms. The van der Waals surface area contributed by atoms with Gasteiger partial charge in [0.15, 0.2) is 0 Å². The largest absolute Gasteiger partial charge is 0.508 e. The van der Waals surface area contributed by atoms with Gasteiger partial charge in [0.1, 0.15) is 11.8 Å². The Morgan fingerprint density at radius 2 is 2.05 bits per heavy atom. The topological polar surface area (TPSA) is 107 Å². The number of nitrogens with one attached hydrogen (secondary N) is 1. The number of hydrogen-bond donors (Lipinski definition) is 3. The number of phenolic OH excluding ortho intramolecular Hbond substituents is 1. The van der Waals surface area contributed by atoms with E-state index in [2.05, 4.69) is 4.72 Å². The van der Waals surface area contributed by atoms with Crippen LogP contribution in [0, 0.1) is 0 Å². The van der Waals surface area contributed by atoms with E-state index in [4.69, 9.17) is 5.11 Å². The standard InChI is InChI=1S/C13H18N2O5S/c16-12-7-2-1-5-10(12)9-14-21(19,20)15-8-4-3-6-11(15)13(17)18/h1-2,5,7,11,14,16H,3-4,6,8-9H2,(H,17,18). The molecule has 1 aromatic carbocycles. The third-order valence-corrected chi connectivity index (χ3v) is 5.05. The lowest BCUT2D eigenvalue weighted by Crippen LogP contribution is -2.51. The summed E-state index contributed by atoms with van der Waals surface area (Å²) in [5, 5.41) is 18.7. The van der Waals surface area contributed by atoms with E-state index < -0.39 is 22.2 Å². The van der Waals surface area contributed by atoms with E-state index in [1.165, 1.54) is 6.07 Å². The number of carbonyl (C=O) groups is 1. The monoisotopic (exact) mass is 314 g/mol. The molecule has 1 atom stereocenters. The summed E-state index contributed by atoms with van der Waals surface area (Å²) in [5.41, 5.74) is 0.435. The zero-order valence-electron chi connectivity index (χ0n) is 11.4. The van der Waals surface area contributed by atoms with Gasteiger partial charge in [0.05, 0.1) is 0 Å². The molecule has 0 aliphatic carbocycles. The van der Waals surface area contributed by atoms with Crippen molar-refractivity contribution in [1.82, 2.24) is 9.03 Å². The predicted octanol–water partition coefficient (Wildman–Crippen LogP) is 0.666. The fourth-order valence-corrected chi connectivity index (χ4v) is 3.76. The van der Waals surface area contributed by atoms with Crippen LogP contribution in [0.3, 0.4) is 0 Å². The number of phenols is 1. The van der Waals surface area contributed by atoms with Crippen molar-refractivity contribution in [2.45, 2.75) is 31.8 Å². The zero-order valence-corrected chi connectivity index (χ0v) is 12.2. The van der Waals surface area contributed by atoms with Crippen LogP contribution in [0.2, 0.25) is 0 Å². The van der Waals surface area contributed by atoms with Crippen molar-refractivity contribution in [3.63, 3.8) is 0 Å². The van der Waals surface area contributed by atoms with Crippen LogP contribution < -0.4 is 4.72 Å². The van der Waals surface area contributed by atoms with Gasteiger partial charge in [-0.05, 0) is 25.3 Å². The average molecular weight is 314 g/mol. The highest BCUT2D eigenvalue weighted by atomic mass is 32.2. The van der Waals surface area contributed by atoms with Crippen LogP contribution in [0.1, 0.15) is 24.8 Å². The first-order valence-electron chi connectivity index (χ1n) is 6.68. The molecule has 21 heavy (non-hydrogen) atoms. The Kier molecular flexibility index (Phi) is 4.81. The Balaban J connectivity index is 2.10. The molecule has 3 N–H and O–H groups in total. The molecule has 1 saturated heterocycles. The Labute approximate surface area is 123 Å². The van der Waals surface area contributed by atoms with E-state index in [0.29, 0.717) is 24.8 Å². The first kappa shape index (κ1) is 15.7. The van der Waals surface area contributed by atoms with E-state index in [-0.39, 0.29) is 18.8 Å². The van der Waals surface area contributed by atoms with Crippen LogP contribution in [-0.4, -0.2) is 41.5 Å². The highest BCUT2D eigenvalue weighted by Crippen LogP contribution is 2.21. The van der Waals surface area contributed by atoms with Crippen molar-refractivity contribution in [2.75, 3.05) is 6.54 Å². The summed E-state index contributed by atoms with van der Waals surface area (Å²) in [4.78, 5) is 11.2. The Morgan fingerprint density at radius 1 is 1.33 bits per heavy atom. The summed E-state index contributed by atoms with van der Waals surface area (Å²) in [7, 11) is -3.90. The minimum Gasteiger partial charge on any atom is -0.508 e.